The molecule has 0 fully saturated rings. The quantitative estimate of drug-likeness (QED) is 0.631. The van der Waals surface area contributed by atoms with E-state index in [2.05, 4.69) is 15.9 Å². The molecule has 1 aromatic rings. The zero-order valence-electron chi connectivity index (χ0n) is 9.05. The highest BCUT2D eigenvalue weighted by Gasteiger charge is 2.19. The van der Waals surface area contributed by atoms with E-state index >= 15 is 0 Å². The van der Waals surface area contributed by atoms with Crippen LogP contribution in [0.1, 0.15) is 22.8 Å². The molecule has 5 heteroatoms. The summed E-state index contributed by atoms with van der Waals surface area (Å²) < 4.78 is 10.1. The van der Waals surface area contributed by atoms with Gasteiger partial charge >= 0.3 is 5.97 Å². The average molecular weight is 308 g/mol. The number of benzene rings is 1. The predicted molar refractivity (Wildman–Crippen MR) is 66.6 cm³/mol. The number of ether oxygens (including phenoxy) is 2. The second-order valence-electron chi connectivity index (χ2n) is 2.96. The molecular weight excluding hydrogens is 295 g/mol. The van der Waals surface area contributed by atoms with Gasteiger partial charge in [0.15, 0.2) is 0 Å². The molecule has 1 aromatic carbocycles. The minimum atomic E-state index is -0.430. The Morgan fingerprint density at radius 1 is 1.50 bits per heavy atom. The summed E-state index contributed by atoms with van der Waals surface area (Å²) >= 11 is 9.30. The zero-order chi connectivity index (χ0) is 12.1. The number of carbonyl (C=O) groups is 1. The zero-order valence-corrected chi connectivity index (χ0v) is 11.4. The summed E-state index contributed by atoms with van der Waals surface area (Å²) in [6.45, 7) is 2.06. The largest absolute Gasteiger partial charge is 0.496 e. The number of halogens is 2. The molecule has 0 atom stereocenters. The van der Waals surface area contributed by atoms with E-state index in [9.17, 15) is 4.79 Å². The van der Waals surface area contributed by atoms with E-state index in [1.807, 2.05) is 0 Å². The van der Waals surface area contributed by atoms with Crippen LogP contribution in [0.15, 0.2) is 12.1 Å². The number of rotatable bonds is 4. The third-order valence-corrected chi connectivity index (χ3v) is 2.93. The van der Waals surface area contributed by atoms with Gasteiger partial charge in [0.2, 0.25) is 0 Å². The first-order valence-corrected chi connectivity index (χ1v) is 6.24. The van der Waals surface area contributed by atoms with Crippen molar-refractivity contribution in [1.29, 1.82) is 0 Å². The maximum absolute atomic E-state index is 11.7. The molecule has 0 N–H and O–H groups in total. The van der Waals surface area contributed by atoms with Crippen molar-refractivity contribution in [1.82, 2.24) is 0 Å². The van der Waals surface area contributed by atoms with Gasteiger partial charge in [-0.2, -0.15) is 0 Å². The van der Waals surface area contributed by atoms with Gasteiger partial charge < -0.3 is 9.47 Å². The molecule has 0 radical (unpaired) electrons. The van der Waals surface area contributed by atoms with E-state index in [1.54, 1.807) is 26.2 Å². The van der Waals surface area contributed by atoms with Crippen molar-refractivity contribution in [3.63, 3.8) is 0 Å². The standard InChI is InChI=1S/C11H12BrClO3/c1-3-16-11(14)10-7(6-12)9(15-2)5-4-8(10)13/h4-5H,3,6H2,1-2H3. The molecule has 0 aliphatic carbocycles. The number of hydrogen-bond acceptors (Lipinski definition) is 3. The third-order valence-electron chi connectivity index (χ3n) is 2.05. The summed E-state index contributed by atoms with van der Waals surface area (Å²) in [5, 5.41) is 0.846. The molecule has 3 nitrogen and oxygen atoms in total. The van der Waals surface area contributed by atoms with Crippen molar-refractivity contribution in [3.8, 4) is 5.75 Å². The Labute approximate surface area is 108 Å². The maximum Gasteiger partial charge on any atom is 0.340 e. The van der Waals surface area contributed by atoms with Crippen molar-refractivity contribution in [2.24, 2.45) is 0 Å². The second-order valence-corrected chi connectivity index (χ2v) is 3.93. The van der Waals surface area contributed by atoms with Crippen LogP contribution < -0.4 is 4.74 Å². The van der Waals surface area contributed by atoms with Gasteiger partial charge in [-0.25, -0.2) is 4.79 Å². The predicted octanol–water partition coefficient (Wildman–Crippen LogP) is 3.42. The highest BCUT2D eigenvalue weighted by Crippen LogP contribution is 2.31. The van der Waals surface area contributed by atoms with Crippen molar-refractivity contribution in [2.75, 3.05) is 13.7 Å². The monoisotopic (exact) mass is 306 g/mol. The van der Waals surface area contributed by atoms with E-state index in [0.29, 0.717) is 33.8 Å². The highest BCUT2D eigenvalue weighted by atomic mass is 79.9. The van der Waals surface area contributed by atoms with E-state index < -0.39 is 5.97 Å². The molecule has 0 unspecified atom stereocenters. The van der Waals surface area contributed by atoms with E-state index in [0.717, 1.165) is 0 Å². The Morgan fingerprint density at radius 2 is 2.19 bits per heavy atom. The van der Waals surface area contributed by atoms with Crippen LogP contribution in [0.5, 0.6) is 5.75 Å². The van der Waals surface area contributed by atoms with Gasteiger partial charge in [0.25, 0.3) is 0 Å². The second kappa shape index (κ2) is 6.11. The topological polar surface area (TPSA) is 35.5 Å². The molecule has 1 rings (SSSR count). The molecule has 0 saturated heterocycles. The summed E-state index contributed by atoms with van der Waals surface area (Å²) in [4.78, 5) is 11.7. The molecule has 0 aromatic heterocycles. The first-order chi connectivity index (χ1) is 7.65. The summed E-state index contributed by atoms with van der Waals surface area (Å²) in [6, 6.07) is 3.35. The van der Waals surface area contributed by atoms with Gasteiger partial charge in [0.1, 0.15) is 5.75 Å². The molecule has 0 amide bonds. The molecule has 0 aliphatic rings. The lowest BCUT2D eigenvalue weighted by molar-refractivity contribution is 0.0525. The lowest BCUT2D eigenvalue weighted by atomic mass is 10.1. The molecule has 0 heterocycles. The van der Waals surface area contributed by atoms with Gasteiger partial charge in [0.05, 0.1) is 24.3 Å². The van der Waals surface area contributed by atoms with Crippen molar-refractivity contribution in [3.05, 3.63) is 28.3 Å². The Bertz CT molecular complexity index is 393. The Morgan fingerprint density at radius 3 is 2.69 bits per heavy atom. The van der Waals surface area contributed by atoms with Gasteiger partial charge in [-0.05, 0) is 19.1 Å². The van der Waals surface area contributed by atoms with Crippen molar-refractivity contribution < 1.29 is 14.3 Å². The Hall–Kier alpha value is -0.740. The fourth-order valence-electron chi connectivity index (χ4n) is 1.35. The number of esters is 1. The highest BCUT2D eigenvalue weighted by molar-refractivity contribution is 9.08. The first-order valence-electron chi connectivity index (χ1n) is 4.74. The maximum atomic E-state index is 11.7. The van der Waals surface area contributed by atoms with E-state index in [-0.39, 0.29) is 0 Å². The van der Waals surface area contributed by atoms with Crippen LogP contribution in [0, 0.1) is 0 Å². The summed E-state index contributed by atoms with van der Waals surface area (Å²) in [5.41, 5.74) is 1.06. The Balaban J connectivity index is 3.28. The Kier molecular flexibility index (Phi) is 5.09. The van der Waals surface area contributed by atoms with Crippen LogP contribution in [0.3, 0.4) is 0 Å². The van der Waals surface area contributed by atoms with Crippen LogP contribution in [0.2, 0.25) is 5.02 Å². The summed E-state index contributed by atoms with van der Waals surface area (Å²) in [5.74, 6) is 0.185. The van der Waals surface area contributed by atoms with E-state index in [4.69, 9.17) is 21.1 Å². The summed E-state index contributed by atoms with van der Waals surface area (Å²) in [7, 11) is 1.55. The van der Waals surface area contributed by atoms with Gasteiger partial charge in [0, 0.05) is 10.9 Å². The van der Waals surface area contributed by atoms with Crippen LogP contribution in [0.4, 0.5) is 0 Å². The molecule has 88 valence electrons. The lowest BCUT2D eigenvalue weighted by Crippen LogP contribution is -2.09. The van der Waals surface area contributed by atoms with Gasteiger partial charge in [-0.1, -0.05) is 27.5 Å². The smallest absolute Gasteiger partial charge is 0.340 e. The fraction of sp³-hybridized carbons (Fsp3) is 0.364. The van der Waals surface area contributed by atoms with Gasteiger partial charge in [-0.15, -0.1) is 0 Å². The summed E-state index contributed by atoms with van der Waals surface area (Å²) in [6.07, 6.45) is 0. The number of alkyl halides is 1. The normalized spacial score (nSPS) is 10.0. The lowest BCUT2D eigenvalue weighted by Gasteiger charge is -2.12. The van der Waals surface area contributed by atoms with Crippen molar-refractivity contribution >= 4 is 33.5 Å². The van der Waals surface area contributed by atoms with Crippen LogP contribution in [-0.2, 0) is 10.1 Å². The van der Waals surface area contributed by atoms with E-state index in [1.165, 1.54) is 0 Å². The van der Waals surface area contributed by atoms with Crippen LogP contribution in [0.25, 0.3) is 0 Å². The van der Waals surface area contributed by atoms with Crippen LogP contribution in [-0.4, -0.2) is 19.7 Å². The SMILES string of the molecule is CCOC(=O)c1c(Cl)ccc(OC)c1CBr. The molecule has 0 bridgehead atoms. The molecule has 16 heavy (non-hydrogen) atoms. The number of hydrogen-bond donors (Lipinski definition) is 0. The minimum absolute atomic E-state index is 0.314. The molecule has 0 spiro atoms. The third kappa shape index (κ3) is 2.68. The average Bonchev–Trinajstić information content (AvgIpc) is 2.28. The van der Waals surface area contributed by atoms with Crippen molar-refractivity contribution in [2.45, 2.75) is 12.3 Å². The molecular formula is C11H12BrClO3. The number of methoxy groups -OCH3 is 1. The molecule has 0 aliphatic heterocycles. The first kappa shape index (κ1) is 13.3. The fourth-order valence-corrected chi connectivity index (χ4v) is 2.16. The number of carbonyl (C=O) groups excluding carboxylic acids is 1. The molecule has 0 saturated carbocycles. The van der Waals surface area contributed by atoms with Gasteiger partial charge in [-0.3, -0.25) is 0 Å². The minimum Gasteiger partial charge on any atom is -0.496 e. The van der Waals surface area contributed by atoms with Crippen LogP contribution >= 0.6 is 27.5 Å².